The van der Waals surface area contributed by atoms with Crippen LogP contribution in [0.4, 0.5) is 0 Å². The molecule has 1 atom stereocenters. The quantitative estimate of drug-likeness (QED) is 0.299. The highest BCUT2D eigenvalue weighted by Crippen LogP contribution is 2.43. The minimum Gasteiger partial charge on any atom is -0.546 e. The largest absolute Gasteiger partial charge is 0.546 e. The summed E-state index contributed by atoms with van der Waals surface area (Å²) < 4.78 is 11.7. The molecule has 0 aromatic carbocycles. The molecule has 1 rings (SSSR count). The summed E-state index contributed by atoms with van der Waals surface area (Å²) in [7, 11) is -0.586. The van der Waals surface area contributed by atoms with Crippen LogP contribution in [-0.2, 0) is 14.0 Å². The van der Waals surface area contributed by atoms with Crippen molar-refractivity contribution in [2.45, 2.75) is 85.4 Å². The number of hydrogen-bond donors (Lipinski definition) is 0. The number of allylic oxidation sites excluding steroid dienone is 5. The lowest BCUT2D eigenvalue weighted by Crippen LogP contribution is -2.41. The van der Waals surface area contributed by atoms with Gasteiger partial charge in [0.05, 0.1) is 18.4 Å². The summed E-state index contributed by atoms with van der Waals surface area (Å²) in [6.45, 7) is 17.7. The SMILES string of the molecule is COC(=O)C1=C(O[Si](C)(C)C(C)(C)C)C[C@](C)(CCC=C(C)C)C=CC1. The normalized spacial score (nSPS) is 21.3. The van der Waals surface area contributed by atoms with Crippen molar-refractivity contribution >= 4 is 14.3 Å². The molecule has 0 N–H and O–H groups in total. The summed E-state index contributed by atoms with van der Waals surface area (Å²) in [4.78, 5) is 12.4. The van der Waals surface area contributed by atoms with E-state index in [-0.39, 0.29) is 16.4 Å². The molecule has 0 saturated carbocycles. The van der Waals surface area contributed by atoms with Gasteiger partial charge in [0.1, 0.15) is 0 Å². The second-order valence-electron chi connectivity index (χ2n) is 9.51. The van der Waals surface area contributed by atoms with E-state index >= 15 is 0 Å². The van der Waals surface area contributed by atoms with Crippen molar-refractivity contribution in [1.29, 1.82) is 0 Å². The minimum atomic E-state index is -2.03. The fraction of sp³-hybridized carbons (Fsp3) is 0.682. The third kappa shape index (κ3) is 6.15. The molecule has 0 radical (unpaired) electrons. The van der Waals surface area contributed by atoms with Crippen molar-refractivity contribution in [3.63, 3.8) is 0 Å². The lowest BCUT2D eigenvalue weighted by atomic mass is 9.81. The molecule has 0 unspecified atom stereocenters. The van der Waals surface area contributed by atoms with Gasteiger partial charge in [-0.2, -0.15) is 0 Å². The first-order chi connectivity index (χ1) is 11.8. The smallest absolute Gasteiger partial charge is 0.337 e. The zero-order valence-corrected chi connectivity index (χ0v) is 19.3. The Kier molecular flexibility index (Phi) is 7.52. The number of esters is 1. The fourth-order valence-electron chi connectivity index (χ4n) is 2.85. The number of ether oxygens (including phenoxy) is 1. The van der Waals surface area contributed by atoms with Gasteiger partial charge in [-0.05, 0) is 50.2 Å². The number of carbonyl (C=O) groups is 1. The van der Waals surface area contributed by atoms with Crippen LogP contribution in [0, 0.1) is 5.41 Å². The highest BCUT2D eigenvalue weighted by Gasteiger charge is 2.41. The second-order valence-corrected chi connectivity index (χ2v) is 14.2. The summed E-state index contributed by atoms with van der Waals surface area (Å²) in [5, 5.41) is 0.0828. The molecule has 4 heteroatoms. The lowest BCUT2D eigenvalue weighted by molar-refractivity contribution is -0.136. The van der Waals surface area contributed by atoms with Crippen molar-refractivity contribution in [2.24, 2.45) is 5.41 Å². The van der Waals surface area contributed by atoms with E-state index in [1.807, 2.05) is 0 Å². The van der Waals surface area contributed by atoms with Gasteiger partial charge >= 0.3 is 5.97 Å². The summed E-state index contributed by atoms with van der Waals surface area (Å²) in [5.41, 5.74) is 2.01. The van der Waals surface area contributed by atoms with Gasteiger partial charge < -0.3 is 9.16 Å². The van der Waals surface area contributed by atoms with Gasteiger partial charge in [-0.1, -0.05) is 51.5 Å². The van der Waals surface area contributed by atoms with Crippen molar-refractivity contribution in [3.8, 4) is 0 Å². The van der Waals surface area contributed by atoms with Gasteiger partial charge in [0.15, 0.2) is 0 Å². The van der Waals surface area contributed by atoms with E-state index in [9.17, 15) is 4.79 Å². The number of methoxy groups -OCH3 is 1. The first-order valence-electron chi connectivity index (χ1n) is 9.62. The van der Waals surface area contributed by atoms with Gasteiger partial charge in [-0.15, -0.1) is 0 Å². The van der Waals surface area contributed by atoms with E-state index in [4.69, 9.17) is 9.16 Å². The maximum atomic E-state index is 12.4. The maximum Gasteiger partial charge on any atom is 0.337 e. The Morgan fingerprint density at radius 2 is 1.92 bits per heavy atom. The predicted octanol–water partition coefficient (Wildman–Crippen LogP) is 6.54. The Balaban J connectivity index is 3.21. The monoisotopic (exact) mass is 378 g/mol. The summed E-state index contributed by atoms with van der Waals surface area (Å²) in [5.74, 6) is 0.574. The van der Waals surface area contributed by atoms with E-state index in [1.54, 1.807) is 0 Å². The van der Waals surface area contributed by atoms with E-state index in [0.717, 1.165) is 25.0 Å². The molecule has 1 aliphatic carbocycles. The van der Waals surface area contributed by atoms with Crippen LogP contribution in [0.25, 0.3) is 0 Å². The van der Waals surface area contributed by atoms with Crippen LogP contribution in [0.15, 0.2) is 35.1 Å². The average molecular weight is 379 g/mol. The standard InChI is InChI=1S/C22H38O3Si/c1-17(2)12-10-14-22(6)15-11-13-18(20(23)24-7)19(16-22)25-26(8,9)21(3,4)5/h11-12,15H,10,13-14,16H2,1-9H3/t22-/m1/s1. The number of hydrogen-bond acceptors (Lipinski definition) is 3. The van der Waals surface area contributed by atoms with E-state index < -0.39 is 8.32 Å². The van der Waals surface area contributed by atoms with Gasteiger partial charge in [0.25, 0.3) is 0 Å². The Morgan fingerprint density at radius 1 is 1.31 bits per heavy atom. The third-order valence-electron chi connectivity index (χ3n) is 5.63. The minimum absolute atomic E-state index is 0.0145. The van der Waals surface area contributed by atoms with Crippen molar-refractivity contribution < 1.29 is 14.0 Å². The Hall–Kier alpha value is -1.29. The highest BCUT2D eigenvalue weighted by atomic mass is 28.4. The van der Waals surface area contributed by atoms with Crippen LogP contribution >= 0.6 is 0 Å². The molecule has 0 spiro atoms. The molecule has 26 heavy (non-hydrogen) atoms. The van der Waals surface area contributed by atoms with Crippen LogP contribution in [0.1, 0.15) is 67.2 Å². The Bertz CT molecular complexity index is 601. The summed E-state index contributed by atoms with van der Waals surface area (Å²) in [6, 6.07) is 0. The predicted molar refractivity (Wildman–Crippen MR) is 112 cm³/mol. The van der Waals surface area contributed by atoms with Crippen molar-refractivity contribution in [3.05, 3.63) is 35.1 Å². The third-order valence-corrected chi connectivity index (χ3v) is 10.00. The zero-order chi connectivity index (χ0) is 20.2. The molecule has 3 nitrogen and oxygen atoms in total. The van der Waals surface area contributed by atoms with Crippen LogP contribution in [0.2, 0.25) is 18.1 Å². The van der Waals surface area contributed by atoms with E-state index in [1.165, 1.54) is 12.7 Å². The van der Waals surface area contributed by atoms with Crippen LogP contribution < -0.4 is 0 Å². The van der Waals surface area contributed by atoms with Crippen LogP contribution in [0.5, 0.6) is 0 Å². The maximum absolute atomic E-state index is 12.4. The molecule has 0 heterocycles. The van der Waals surface area contributed by atoms with Crippen LogP contribution in [0.3, 0.4) is 0 Å². The molecule has 1 aliphatic rings. The fourth-order valence-corrected chi connectivity index (χ4v) is 3.97. The topological polar surface area (TPSA) is 35.5 Å². The molecule has 0 fully saturated rings. The molecule has 0 amide bonds. The van der Waals surface area contributed by atoms with Gasteiger partial charge in [-0.3, -0.25) is 0 Å². The van der Waals surface area contributed by atoms with Crippen molar-refractivity contribution in [2.75, 3.05) is 7.11 Å². The number of carbonyl (C=O) groups excluding carboxylic acids is 1. The van der Waals surface area contributed by atoms with E-state index in [0.29, 0.717) is 12.0 Å². The number of rotatable bonds is 6. The average Bonchev–Trinajstić information content (AvgIpc) is 2.63. The second kappa shape index (κ2) is 8.60. The van der Waals surface area contributed by atoms with Gasteiger partial charge in [-0.25, -0.2) is 4.79 Å². The van der Waals surface area contributed by atoms with E-state index in [2.05, 4.69) is 72.9 Å². The van der Waals surface area contributed by atoms with Crippen molar-refractivity contribution in [1.82, 2.24) is 0 Å². The molecule has 0 bridgehead atoms. The summed E-state index contributed by atoms with van der Waals surface area (Å²) >= 11 is 0. The molecule has 0 aromatic rings. The lowest BCUT2D eigenvalue weighted by Gasteiger charge is -2.39. The molecular weight excluding hydrogens is 340 g/mol. The molecule has 0 aliphatic heterocycles. The Morgan fingerprint density at radius 3 is 2.42 bits per heavy atom. The first kappa shape index (κ1) is 22.7. The molecule has 0 aromatic heterocycles. The molecular formula is C22H38O3Si. The molecule has 0 saturated heterocycles. The van der Waals surface area contributed by atoms with Gasteiger partial charge in [0, 0.05) is 12.8 Å². The Labute approximate surface area is 161 Å². The van der Waals surface area contributed by atoms with Gasteiger partial charge in [0.2, 0.25) is 8.32 Å². The zero-order valence-electron chi connectivity index (χ0n) is 18.3. The highest BCUT2D eigenvalue weighted by molar-refractivity contribution is 6.74. The molecule has 148 valence electrons. The first-order valence-corrected chi connectivity index (χ1v) is 12.5. The summed E-state index contributed by atoms with van der Waals surface area (Å²) in [6.07, 6.45) is 10.0. The van der Waals surface area contributed by atoms with Crippen LogP contribution in [-0.4, -0.2) is 21.4 Å².